The van der Waals surface area contributed by atoms with Crippen LogP contribution >= 0.6 is 11.6 Å². The van der Waals surface area contributed by atoms with Crippen LogP contribution in [0.5, 0.6) is 0 Å². The van der Waals surface area contributed by atoms with E-state index in [0.717, 1.165) is 12.1 Å². The van der Waals surface area contributed by atoms with Gasteiger partial charge in [-0.25, -0.2) is 0 Å². The number of rotatable bonds is 3. The minimum absolute atomic E-state index is 0.119. The second-order valence-corrected chi connectivity index (χ2v) is 5.06. The SMILES string of the molecule is CN1CC(=O)N(c2ccc(Cl)cc2)CC1CCN. The highest BCUT2D eigenvalue weighted by atomic mass is 35.5. The van der Waals surface area contributed by atoms with Crippen molar-refractivity contribution in [3.63, 3.8) is 0 Å². The number of halogens is 1. The zero-order chi connectivity index (χ0) is 13.1. The van der Waals surface area contributed by atoms with Gasteiger partial charge in [-0.15, -0.1) is 0 Å². The highest BCUT2D eigenvalue weighted by Crippen LogP contribution is 2.22. The molecule has 2 N–H and O–H groups in total. The predicted molar refractivity (Wildman–Crippen MR) is 73.9 cm³/mol. The fourth-order valence-corrected chi connectivity index (χ4v) is 2.38. The second-order valence-electron chi connectivity index (χ2n) is 4.63. The number of piperazine rings is 1. The largest absolute Gasteiger partial charge is 0.330 e. The number of amides is 1. The third-order valence-electron chi connectivity index (χ3n) is 3.34. The number of anilines is 1. The summed E-state index contributed by atoms with van der Waals surface area (Å²) in [6, 6.07) is 7.69. The van der Waals surface area contributed by atoms with Gasteiger partial charge >= 0.3 is 0 Å². The van der Waals surface area contributed by atoms with E-state index in [4.69, 9.17) is 17.3 Å². The van der Waals surface area contributed by atoms with Gasteiger partial charge in [-0.05, 0) is 44.3 Å². The third-order valence-corrected chi connectivity index (χ3v) is 3.59. The molecule has 1 aliphatic rings. The summed E-state index contributed by atoms with van der Waals surface area (Å²) in [5.74, 6) is 0.119. The van der Waals surface area contributed by atoms with E-state index in [1.807, 2.05) is 24.1 Å². The Morgan fingerprint density at radius 3 is 2.67 bits per heavy atom. The Labute approximate surface area is 112 Å². The summed E-state index contributed by atoms with van der Waals surface area (Å²) in [4.78, 5) is 15.9. The van der Waals surface area contributed by atoms with Crippen molar-refractivity contribution in [2.24, 2.45) is 5.73 Å². The number of hydrogen-bond donors (Lipinski definition) is 1. The molecular weight excluding hydrogens is 250 g/mol. The van der Waals surface area contributed by atoms with Crippen molar-refractivity contribution in [1.82, 2.24) is 4.90 Å². The summed E-state index contributed by atoms with van der Waals surface area (Å²) < 4.78 is 0. The summed E-state index contributed by atoms with van der Waals surface area (Å²) in [6.07, 6.45) is 0.897. The van der Waals surface area contributed by atoms with Crippen molar-refractivity contribution >= 4 is 23.2 Å². The first kappa shape index (κ1) is 13.3. The topological polar surface area (TPSA) is 49.6 Å². The van der Waals surface area contributed by atoms with Gasteiger partial charge in [0, 0.05) is 23.3 Å². The van der Waals surface area contributed by atoms with Gasteiger partial charge in [0.15, 0.2) is 0 Å². The van der Waals surface area contributed by atoms with Crippen molar-refractivity contribution in [2.45, 2.75) is 12.5 Å². The lowest BCUT2D eigenvalue weighted by molar-refractivity contribution is -0.122. The lowest BCUT2D eigenvalue weighted by Crippen LogP contribution is -2.55. The van der Waals surface area contributed by atoms with Crippen LogP contribution in [0.4, 0.5) is 5.69 Å². The minimum atomic E-state index is 0.119. The van der Waals surface area contributed by atoms with Crippen molar-refractivity contribution in [1.29, 1.82) is 0 Å². The monoisotopic (exact) mass is 267 g/mol. The average Bonchev–Trinajstić information content (AvgIpc) is 2.34. The van der Waals surface area contributed by atoms with Gasteiger partial charge in [-0.1, -0.05) is 11.6 Å². The first-order valence-electron chi connectivity index (χ1n) is 6.08. The van der Waals surface area contributed by atoms with Crippen LogP contribution in [0.1, 0.15) is 6.42 Å². The van der Waals surface area contributed by atoms with Gasteiger partial charge in [0.25, 0.3) is 0 Å². The lowest BCUT2D eigenvalue weighted by atomic mass is 10.1. The van der Waals surface area contributed by atoms with Crippen LogP contribution in [-0.4, -0.2) is 43.5 Å². The zero-order valence-electron chi connectivity index (χ0n) is 10.5. The van der Waals surface area contributed by atoms with Gasteiger partial charge in [0.1, 0.15) is 0 Å². The van der Waals surface area contributed by atoms with E-state index in [1.165, 1.54) is 0 Å². The second kappa shape index (κ2) is 5.69. The summed E-state index contributed by atoms with van der Waals surface area (Å²) >= 11 is 5.86. The third kappa shape index (κ3) is 2.83. The van der Waals surface area contributed by atoms with Crippen LogP contribution in [-0.2, 0) is 4.79 Å². The number of nitrogens with zero attached hydrogens (tertiary/aromatic N) is 2. The molecule has 0 spiro atoms. The van der Waals surface area contributed by atoms with Crippen LogP contribution in [0.2, 0.25) is 5.02 Å². The molecule has 1 fully saturated rings. The summed E-state index contributed by atoms with van der Waals surface area (Å²) in [5, 5.41) is 0.679. The maximum atomic E-state index is 12.1. The van der Waals surface area contributed by atoms with E-state index in [0.29, 0.717) is 30.7 Å². The van der Waals surface area contributed by atoms with Crippen molar-refractivity contribution in [3.05, 3.63) is 29.3 Å². The van der Waals surface area contributed by atoms with Crippen LogP contribution in [0.15, 0.2) is 24.3 Å². The normalized spacial score (nSPS) is 21.4. The van der Waals surface area contributed by atoms with E-state index in [1.54, 1.807) is 12.1 Å². The molecule has 0 aliphatic carbocycles. The molecule has 5 heteroatoms. The minimum Gasteiger partial charge on any atom is -0.330 e. The van der Waals surface area contributed by atoms with E-state index >= 15 is 0 Å². The predicted octanol–water partition coefficient (Wildman–Crippen LogP) is 1.34. The van der Waals surface area contributed by atoms with Gasteiger partial charge in [0.2, 0.25) is 5.91 Å². The van der Waals surface area contributed by atoms with Crippen molar-refractivity contribution < 1.29 is 4.79 Å². The number of nitrogens with two attached hydrogens (primary N) is 1. The number of carbonyl (C=O) groups excluding carboxylic acids is 1. The molecule has 0 aromatic heterocycles. The van der Waals surface area contributed by atoms with E-state index in [9.17, 15) is 4.79 Å². The van der Waals surface area contributed by atoms with E-state index in [2.05, 4.69) is 4.90 Å². The molecule has 1 atom stereocenters. The Kier molecular flexibility index (Phi) is 4.22. The van der Waals surface area contributed by atoms with Crippen LogP contribution in [0, 0.1) is 0 Å². The van der Waals surface area contributed by atoms with Crippen LogP contribution < -0.4 is 10.6 Å². The molecule has 0 saturated carbocycles. The Balaban J connectivity index is 2.16. The first-order chi connectivity index (χ1) is 8.61. The quantitative estimate of drug-likeness (QED) is 0.899. The highest BCUT2D eigenvalue weighted by molar-refractivity contribution is 6.30. The molecule has 2 rings (SSSR count). The molecule has 1 aromatic carbocycles. The Morgan fingerprint density at radius 1 is 1.39 bits per heavy atom. The van der Waals surface area contributed by atoms with E-state index < -0.39 is 0 Å². The fourth-order valence-electron chi connectivity index (χ4n) is 2.25. The molecule has 1 heterocycles. The molecule has 1 saturated heterocycles. The summed E-state index contributed by atoms with van der Waals surface area (Å²) in [7, 11) is 1.97. The molecule has 1 unspecified atom stereocenters. The van der Waals surface area contributed by atoms with Gasteiger partial charge in [-0.3, -0.25) is 9.69 Å². The molecule has 0 radical (unpaired) electrons. The van der Waals surface area contributed by atoms with Crippen molar-refractivity contribution in [3.8, 4) is 0 Å². The number of benzene rings is 1. The highest BCUT2D eigenvalue weighted by Gasteiger charge is 2.29. The fraction of sp³-hybridized carbons (Fsp3) is 0.462. The van der Waals surface area contributed by atoms with Crippen LogP contribution in [0.25, 0.3) is 0 Å². The average molecular weight is 268 g/mol. The van der Waals surface area contributed by atoms with Crippen LogP contribution in [0.3, 0.4) is 0 Å². The first-order valence-corrected chi connectivity index (χ1v) is 6.46. The molecule has 1 aromatic rings. The molecule has 0 bridgehead atoms. The maximum absolute atomic E-state index is 12.1. The molecule has 18 heavy (non-hydrogen) atoms. The van der Waals surface area contributed by atoms with E-state index in [-0.39, 0.29) is 5.91 Å². The molecule has 1 amide bonds. The smallest absolute Gasteiger partial charge is 0.241 e. The molecule has 98 valence electrons. The Bertz CT molecular complexity index is 421. The Hall–Kier alpha value is -1.10. The summed E-state index contributed by atoms with van der Waals surface area (Å²) in [5.41, 5.74) is 6.51. The van der Waals surface area contributed by atoms with Crippen molar-refractivity contribution in [2.75, 3.05) is 31.6 Å². The number of hydrogen-bond acceptors (Lipinski definition) is 3. The van der Waals surface area contributed by atoms with Gasteiger partial charge in [-0.2, -0.15) is 0 Å². The molecule has 1 aliphatic heterocycles. The van der Waals surface area contributed by atoms with Gasteiger partial charge in [0.05, 0.1) is 6.54 Å². The summed E-state index contributed by atoms with van der Waals surface area (Å²) in [6.45, 7) is 1.76. The number of likely N-dealkylation sites (N-methyl/N-ethyl adjacent to an activating group) is 1. The standard InChI is InChI=1S/C13H18ClN3O/c1-16-9-13(18)17(8-12(16)6-7-15)11-4-2-10(14)3-5-11/h2-5,12H,6-9,15H2,1H3. The lowest BCUT2D eigenvalue weighted by Gasteiger charge is -2.39. The molecular formula is C13H18ClN3O. The maximum Gasteiger partial charge on any atom is 0.241 e. The zero-order valence-corrected chi connectivity index (χ0v) is 11.2. The molecule has 4 nitrogen and oxygen atoms in total. The van der Waals surface area contributed by atoms with Gasteiger partial charge < -0.3 is 10.6 Å². The Morgan fingerprint density at radius 2 is 2.06 bits per heavy atom. The number of carbonyl (C=O) groups is 1.